The average molecular weight is 1130 g/mol. The van der Waals surface area contributed by atoms with Crippen LogP contribution in [0.5, 0.6) is 17.2 Å². The first kappa shape index (κ1) is 61.3. The Morgan fingerprint density at radius 2 is 1.24 bits per heavy atom. The van der Waals surface area contributed by atoms with Crippen LogP contribution in [-0.4, -0.2) is 211 Å². The first-order valence-corrected chi connectivity index (χ1v) is 27.2. The van der Waals surface area contributed by atoms with Gasteiger partial charge in [-0.25, -0.2) is 0 Å². The van der Waals surface area contributed by atoms with Gasteiger partial charge in [-0.3, -0.25) is 14.4 Å². The van der Waals surface area contributed by atoms with Crippen LogP contribution in [0.3, 0.4) is 0 Å². The highest BCUT2D eigenvalue weighted by molar-refractivity contribution is 6.11. The van der Waals surface area contributed by atoms with Crippen molar-refractivity contribution in [1.82, 2.24) is 0 Å². The fourth-order valence-electron chi connectivity index (χ4n) is 11.8. The maximum absolute atomic E-state index is 15.2. The molecule has 9 N–H and O–H groups in total. The molecule has 0 bridgehead atoms. The Hall–Kier alpha value is -3.77. The van der Waals surface area contributed by atoms with E-state index in [1.807, 2.05) is 13.8 Å². The number of phenols is 2. The molecule has 444 valence electrons. The van der Waals surface area contributed by atoms with Crippen LogP contribution in [0.2, 0.25) is 0 Å². The Morgan fingerprint density at radius 1 is 0.709 bits per heavy atom. The Bertz CT molecular complexity index is 2480. The molecule has 5 fully saturated rings. The van der Waals surface area contributed by atoms with E-state index in [0.29, 0.717) is 0 Å². The number of phenolic OH excluding ortho intramolecular Hbond substituents is 2. The van der Waals surface area contributed by atoms with E-state index >= 15 is 4.79 Å². The lowest BCUT2D eigenvalue weighted by atomic mass is 9.75. The second kappa shape index (κ2) is 24.6. The minimum atomic E-state index is -1.93. The Labute approximate surface area is 457 Å². The van der Waals surface area contributed by atoms with Crippen molar-refractivity contribution >= 4 is 28.3 Å². The summed E-state index contributed by atoms with van der Waals surface area (Å²) in [7, 11) is 1.19. The molecule has 8 rings (SSSR count). The van der Waals surface area contributed by atoms with E-state index in [4.69, 9.17) is 56.8 Å². The lowest BCUT2D eigenvalue weighted by Crippen LogP contribution is -2.57. The normalized spacial score (nSPS) is 41.2. The van der Waals surface area contributed by atoms with Gasteiger partial charge in [-0.1, -0.05) is 6.92 Å². The van der Waals surface area contributed by atoms with Crippen LogP contribution in [0.1, 0.15) is 116 Å². The van der Waals surface area contributed by atoms with Gasteiger partial charge in [0.25, 0.3) is 0 Å². The van der Waals surface area contributed by atoms with E-state index in [2.05, 4.69) is 0 Å². The van der Waals surface area contributed by atoms with Crippen molar-refractivity contribution in [3.63, 3.8) is 0 Å². The molecule has 5 heterocycles. The van der Waals surface area contributed by atoms with E-state index in [1.54, 1.807) is 27.7 Å². The SMILES string of the molecule is CO[C@H](C(=O)[C@@H](O)[C@@H](C)OC(C)=O)[C@@H]1Cc2cc3cc(O[C@H]4C[C@@H](O[C@H]5C[C@@H](O)[C@H](O)C(C)O5)[C@H](O)C(C)O4)c(C)c(O)c3c(O)c2C(=O)[C@H]1O[C@H]1C[C@@H](O[C@H]2C[C@@H](O[C@H]3C[C@](C)(O)[C@H](O)C(C)O3)[C@@H](C)C(C)O2)[C@H](O)C(C)O1. The quantitative estimate of drug-likeness (QED) is 0.108. The second-order valence-corrected chi connectivity index (χ2v) is 22.7. The minimum Gasteiger partial charge on any atom is -0.507 e. The molecule has 5 aliphatic heterocycles. The van der Waals surface area contributed by atoms with E-state index in [0.717, 1.165) is 6.92 Å². The van der Waals surface area contributed by atoms with Crippen LogP contribution in [0.15, 0.2) is 12.1 Å². The third-order valence-corrected chi connectivity index (χ3v) is 16.7. The van der Waals surface area contributed by atoms with Gasteiger partial charge in [0.1, 0.15) is 60.0 Å². The fraction of sp³-hybridized carbons (Fsp3) is 0.764. The Balaban J connectivity index is 1.06. The number of esters is 1. The fourth-order valence-corrected chi connectivity index (χ4v) is 11.8. The minimum absolute atomic E-state index is 0.00705. The maximum atomic E-state index is 15.2. The topological polar surface area (TPSA) is 344 Å². The van der Waals surface area contributed by atoms with Crippen molar-refractivity contribution in [3.8, 4) is 17.2 Å². The highest BCUT2D eigenvalue weighted by atomic mass is 16.7. The Kier molecular flexibility index (Phi) is 19.1. The van der Waals surface area contributed by atoms with E-state index in [1.165, 1.54) is 40.0 Å². The molecule has 79 heavy (non-hydrogen) atoms. The van der Waals surface area contributed by atoms with Crippen molar-refractivity contribution in [2.24, 2.45) is 11.8 Å². The predicted molar refractivity (Wildman–Crippen MR) is 271 cm³/mol. The number of benzene rings is 2. The third kappa shape index (κ3) is 12.9. The molecule has 24 nitrogen and oxygen atoms in total. The number of methoxy groups -OCH3 is 1. The van der Waals surface area contributed by atoms with Crippen molar-refractivity contribution in [1.29, 1.82) is 0 Å². The number of aromatic hydroxyl groups is 2. The molecule has 1 aliphatic carbocycles. The highest BCUT2D eigenvalue weighted by Gasteiger charge is 2.51. The number of ketones is 2. The molecular weight excluding hydrogens is 1040 g/mol. The van der Waals surface area contributed by atoms with Crippen LogP contribution < -0.4 is 4.74 Å². The van der Waals surface area contributed by atoms with Crippen molar-refractivity contribution in [2.45, 2.75) is 249 Å². The van der Waals surface area contributed by atoms with E-state index in [-0.39, 0.29) is 77.7 Å². The number of hydrogen-bond donors (Lipinski definition) is 9. The number of carbonyl (C=O) groups excluding carboxylic acids is 3. The number of ether oxygens (including phenoxy) is 12. The second-order valence-electron chi connectivity index (χ2n) is 22.7. The van der Waals surface area contributed by atoms with Gasteiger partial charge in [-0.15, -0.1) is 0 Å². The third-order valence-electron chi connectivity index (χ3n) is 16.7. The van der Waals surface area contributed by atoms with Crippen molar-refractivity contribution in [2.75, 3.05) is 7.11 Å². The largest absolute Gasteiger partial charge is 0.507 e. The molecule has 2 aromatic carbocycles. The van der Waals surface area contributed by atoms with Gasteiger partial charge in [0, 0.05) is 63.5 Å². The highest BCUT2D eigenvalue weighted by Crippen LogP contribution is 2.48. The summed E-state index contributed by atoms with van der Waals surface area (Å²) in [5, 5.41) is 99.8. The zero-order valence-electron chi connectivity index (χ0n) is 46.4. The first-order valence-electron chi connectivity index (χ1n) is 27.2. The summed E-state index contributed by atoms with van der Waals surface area (Å²) in [5.74, 6) is -4.97. The van der Waals surface area contributed by atoms with Gasteiger partial charge >= 0.3 is 5.97 Å². The molecule has 0 amide bonds. The molecule has 5 unspecified atom stereocenters. The van der Waals surface area contributed by atoms with Crippen LogP contribution >= 0.6 is 0 Å². The molecule has 0 radical (unpaired) electrons. The summed E-state index contributed by atoms with van der Waals surface area (Å²) in [5.41, 5.74) is -1.39. The summed E-state index contributed by atoms with van der Waals surface area (Å²) in [6.07, 6.45) is -23.8. The monoisotopic (exact) mass is 1120 g/mol. The van der Waals surface area contributed by atoms with Crippen LogP contribution in [0, 0.1) is 18.8 Å². The standard InChI is InChI=1S/C55H80O24/c1-20-22(3)70-38(16-34(20)76-41-19-55(10,67)54(66)27(8)74-41)78-36-18-40(73-25(6)47(36)61)79-53-31(52(68-11)51(65)48(62)26(7)69-28(9)56)13-29-12-30-14-33(21(2)44(58)42(30)49(63)43(29)50(53)64)75-39-17-35(46(60)24(5)72-39)77-37-15-32(57)45(59)23(4)71-37/h12,14,20,22-27,31-32,34-41,45-48,52-54,57-63,66-67H,13,15-19H2,1-11H3/t20-,22?,23?,24?,25?,26+,27?,31-,32+,34+,35+,36+,37-,38-,39-,40-,41-,45+,46+,47+,48-,52-,53-,54+,55-/m0/s1. The first-order chi connectivity index (χ1) is 37.1. The molecule has 0 saturated carbocycles. The zero-order valence-corrected chi connectivity index (χ0v) is 46.4. The molecular formula is C55H80O24. The molecule has 24 heteroatoms. The molecule has 6 aliphatic rings. The summed E-state index contributed by atoms with van der Waals surface area (Å²) in [4.78, 5) is 41.3. The lowest BCUT2D eigenvalue weighted by Gasteiger charge is -2.46. The lowest BCUT2D eigenvalue weighted by molar-refractivity contribution is -0.327. The summed E-state index contributed by atoms with van der Waals surface area (Å²) in [6.45, 7) is 15.7. The number of fused-ring (bicyclic) bond motifs is 2. The van der Waals surface area contributed by atoms with Gasteiger partial charge in [0.05, 0.1) is 71.5 Å². The van der Waals surface area contributed by atoms with Gasteiger partial charge in [0.2, 0.25) is 6.29 Å². The van der Waals surface area contributed by atoms with Gasteiger partial charge in [-0.2, -0.15) is 0 Å². The predicted octanol–water partition coefficient (Wildman–Crippen LogP) is 1.60. The average Bonchev–Trinajstić information content (AvgIpc) is 3.57. The van der Waals surface area contributed by atoms with Gasteiger partial charge in [0.15, 0.2) is 42.8 Å². The molecule has 2 aromatic rings. The number of carbonyl (C=O) groups is 3. The summed E-state index contributed by atoms with van der Waals surface area (Å²) >= 11 is 0. The van der Waals surface area contributed by atoms with Crippen LogP contribution in [0.4, 0.5) is 0 Å². The molecule has 5 saturated heterocycles. The summed E-state index contributed by atoms with van der Waals surface area (Å²) in [6, 6.07) is 3.05. The van der Waals surface area contributed by atoms with Crippen LogP contribution in [0.25, 0.3) is 10.8 Å². The summed E-state index contributed by atoms with van der Waals surface area (Å²) < 4.78 is 72.7. The zero-order chi connectivity index (χ0) is 57.8. The maximum Gasteiger partial charge on any atom is 0.302 e. The van der Waals surface area contributed by atoms with E-state index in [9.17, 15) is 55.5 Å². The van der Waals surface area contributed by atoms with E-state index < -0.39 is 176 Å². The van der Waals surface area contributed by atoms with Crippen molar-refractivity contribution in [3.05, 3.63) is 28.8 Å². The molecule has 25 atom stereocenters. The van der Waals surface area contributed by atoms with Crippen molar-refractivity contribution < 1.29 is 117 Å². The number of rotatable bonds is 16. The molecule has 0 spiro atoms. The smallest absolute Gasteiger partial charge is 0.302 e. The number of hydrogen-bond acceptors (Lipinski definition) is 24. The Morgan fingerprint density at radius 3 is 1.84 bits per heavy atom. The van der Waals surface area contributed by atoms with Crippen LogP contribution in [-0.2, 0) is 68.1 Å². The number of Topliss-reactive ketones (excluding diaryl/α,β-unsaturated/α-hetero) is 2. The number of aliphatic hydroxyl groups is 7. The van der Waals surface area contributed by atoms with Gasteiger partial charge in [-0.05, 0) is 84.9 Å². The molecule has 0 aromatic heterocycles. The van der Waals surface area contributed by atoms with Gasteiger partial charge < -0.3 is 103 Å². The number of aliphatic hydroxyl groups excluding tert-OH is 6.